The van der Waals surface area contributed by atoms with E-state index in [0.717, 1.165) is 5.56 Å². The summed E-state index contributed by atoms with van der Waals surface area (Å²) in [6.45, 7) is 1.88. The van der Waals surface area contributed by atoms with E-state index in [4.69, 9.17) is 10.5 Å². The second-order valence-electron chi connectivity index (χ2n) is 9.23. The number of hydrogen-bond acceptors (Lipinski definition) is 6. The maximum absolute atomic E-state index is 14.5. The summed E-state index contributed by atoms with van der Waals surface area (Å²) in [5.74, 6) is -1.55. The Morgan fingerprint density at radius 3 is 2.62 bits per heavy atom. The fourth-order valence-electron chi connectivity index (χ4n) is 5.63. The number of anilines is 2. The topological polar surface area (TPSA) is 99.7 Å². The second-order valence-corrected chi connectivity index (χ2v) is 9.23. The van der Waals surface area contributed by atoms with E-state index in [9.17, 15) is 19.2 Å². The number of rotatable bonds is 3. The summed E-state index contributed by atoms with van der Waals surface area (Å²) in [6, 6.07) is 22.6. The lowest BCUT2D eigenvalue weighted by atomic mass is 9.67. The van der Waals surface area contributed by atoms with Crippen molar-refractivity contribution in [2.24, 2.45) is 5.73 Å². The van der Waals surface area contributed by atoms with Crippen molar-refractivity contribution in [2.45, 2.75) is 18.9 Å². The number of fused-ring (bicyclic) bond motifs is 3. The molecule has 1 spiro atoms. The number of nitrogens with zero attached hydrogens (tertiary/aromatic N) is 3. The number of aryl methyl sites for hydroxylation is 1. The first-order chi connectivity index (χ1) is 17.9. The fraction of sp³-hybridized carbons (Fsp3) is 0.138. The lowest BCUT2D eigenvalue weighted by Gasteiger charge is -2.38. The Morgan fingerprint density at radius 1 is 1.08 bits per heavy atom. The van der Waals surface area contributed by atoms with Crippen LogP contribution in [0.4, 0.5) is 15.8 Å². The molecule has 6 rings (SSSR count). The van der Waals surface area contributed by atoms with E-state index >= 15 is 0 Å². The van der Waals surface area contributed by atoms with Crippen molar-refractivity contribution in [2.75, 3.05) is 16.4 Å². The summed E-state index contributed by atoms with van der Waals surface area (Å²) in [5, 5.41) is 10.5. The normalized spacial score (nSPS) is 20.4. The van der Waals surface area contributed by atoms with E-state index in [1.807, 2.05) is 31.2 Å². The minimum Gasteiger partial charge on any atom is -0.456 e. The molecule has 0 saturated heterocycles. The largest absolute Gasteiger partial charge is 0.456 e. The van der Waals surface area contributed by atoms with Crippen molar-refractivity contribution in [3.63, 3.8) is 0 Å². The van der Waals surface area contributed by atoms with Crippen LogP contribution in [0.2, 0.25) is 0 Å². The Balaban J connectivity index is 1.61. The van der Waals surface area contributed by atoms with Crippen LogP contribution >= 0.6 is 0 Å². The van der Waals surface area contributed by atoms with Gasteiger partial charge in [-0.25, -0.2) is 9.18 Å². The predicted molar refractivity (Wildman–Crippen MR) is 134 cm³/mol. The van der Waals surface area contributed by atoms with Gasteiger partial charge in [-0.2, -0.15) is 5.26 Å². The summed E-state index contributed by atoms with van der Waals surface area (Å²) in [4.78, 5) is 30.9. The number of esters is 1. The van der Waals surface area contributed by atoms with Crippen molar-refractivity contribution in [1.82, 2.24) is 0 Å². The summed E-state index contributed by atoms with van der Waals surface area (Å²) in [6.07, 6.45) is 0. The quantitative estimate of drug-likeness (QED) is 0.556. The number of nitriles is 1. The molecule has 3 aliphatic rings. The fourth-order valence-corrected chi connectivity index (χ4v) is 5.63. The summed E-state index contributed by atoms with van der Waals surface area (Å²) < 4.78 is 19.4. The molecule has 8 heteroatoms. The molecule has 2 N–H and O–H groups in total. The van der Waals surface area contributed by atoms with Gasteiger partial charge in [0.1, 0.15) is 29.7 Å². The van der Waals surface area contributed by atoms with Crippen LogP contribution in [0.15, 0.2) is 95.5 Å². The summed E-state index contributed by atoms with van der Waals surface area (Å²) >= 11 is 0. The highest BCUT2D eigenvalue weighted by molar-refractivity contribution is 6.19. The van der Waals surface area contributed by atoms with Crippen molar-refractivity contribution < 1.29 is 18.7 Å². The molecule has 3 aliphatic heterocycles. The average molecular weight is 493 g/mol. The third-order valence-electron chi connectivity index (χ3n) is 7.12. The SMILES string of the molecule is Cc1cccc(N2C(N)=C(C#N)[C@@]3(C(=O)N(Cc4cccc(F)c4)c4ccccc43)C3=C2COC3=O)c1. The van der Waals surface area contributed by atoms with Gasteiger partial charge in [-0.05, 0) is 48.4 Å². The molecule has 0 bridgehead atoms. The van der Waals surface area contributed by atoms with Gasteiger partial charge in [0.15, 0.2) is 0 Å². The third kappa shape index (κ3) is 3.04. The molecule has 3 aromatic rings. The summed E-state index contributed by atoms with van der Waals surface area (Å²) in [5.41, 5.74) is 8.51. The van der Waals surface area contributed by atoms with Gasteiger partial charge in [-0.1, -0.05) is 42.5 Å². The van der Waals surface area contributed by atoms with Crippen LogP contribution in [0.3, 0.4) is 0 Å². The van der Waals surface area contributed by atoms with Gasteiger partial charge in [0.2, 0.25) is 5.91 Å². The number of carbonyl (C=O) groups excluding carboxylic acids is 2. The van der Waals surface area contributed by atoms with Crippen LogP contribution in [-0.4, -0.2) is 18.5 Å². The zero-order chi connectivity index (χ0) is 25.9. The van der Waals surface area contributed by atoms with Crippen molar-refractivity contribution in [3.05, 3.63) is 118 Å². The summed E-state index contributed by atoms with van der Waals surface area (Å²) in [7, 11) is 0. The smallest absolute Gasteiger partial charge is 0.338 e. The number of halogens is 1. The molecule has 7 nitrogen and oxygen atoms in total. The highest BCUT2D eigenvalue weighted by atomic mass is 19.1. The second kappa shape index (κ2) is 8.07. The molecule has 0 radical (unpaired) electrons. The van der Waals surface area contributed by atoms with Crippen molar-refractivity contribution >= 4 is 23.3 Å². The zero-order valence-electron chi connectivity index (χ0n) is 19.9. The molecule has 0 unspecified atom stereocenters. The molecular formula is C29H21FN4O3. The first-order valence-corrected chi connectivity index (χ1v) is 11.7. The first kappa shape index (κ1) is 22.6. The Bertz CT molecular complexity index is 1620. The van der Waals surface area contributed by atoms with Crippen molar-refractivity contribution in [1.29, 1.82) is 5.26 Å². The van der Waals surface area contributed by atoms with E-state index in [1.54, 1.807) is 41.3 Å². The van der Waals surface area contributed by atoms with Gasteiger partial charge in [-0.15, -0.1) is 0 Å². The van der Waals surface area contributed by atoms with Crippen LogP contribution < -0.4 is 15.5 Å². The van der Waals surface area contributed by atoms with Gasteiger partial charge in [0.25, 0.3) is 0 Å². The molecule has 0 saturated carbocycles. The van der Waals surface area contributed by atoms with E-state index < -0.39 is 23.1 Å². The van der Waals surface area contributed by atoms with Gasteiger partial charge >= 0.3 is 5.97 Å². The number of para-hydroxylation sites is 1. The molecule has 1 amide bonds. The minimum absolute atomic E-state index is 0.0488. The molecule has 0 aliphatic carbocycles. The number of ether oxygens (including phenoxy) is 1. The predicted octanol–water partition coefficient (Wildman–Crippen LogP) is 3.94. The average Bonchev–Trinajstić information content (AvgIpc) is 3.37. The van der Waals surface area contributed by atoms with E-state index in [1.165, 1.54) is 17.0 Å². The van der Waals surface area contributed by atoms with Crippen LogP contribution in [0, 0.1) is 24.1 Å². The monoisotopic (exact) mass is 492 g/mol. The number of cyclic esters (lactones) is 1. The number of hydrogen-bond donors (Lipinski definition) is 1. The highest BCUT2D eigenvalue weighted by Crippen LogP contribution is 2.56. The molecule has 3 aromatic carbocycles. The van der Waals surface area contributed by atoms with Gasteiger partial charge < -0.3 is 15.4 Å². The lowest BCUT2D eigenvalue weighted by molar-refractivity contribution is -0.137. The Hall–Kier alpha value is -4.90. The number of amides is 1. The zero-order valence-corrected chi connectivity index (χ0v) is 19.9. The third-order valence-corrected chi connectivity index (χ3v) is 7.12. The van der Waals surface area contributed by atoms with Crippen LogP contribution in [0.1, 0.15) is 16.7 Å². The van der Waals surface area contributed by atoms with E-state index in [2.05, 4.69) is 6.07 Å². The standard InChI is InChI=1S/C29H21FN4O3/c1-17-6-4-9-20(12-17)34-24-16-37-27(35)25(24)29(22(14-31)26(34)32)21-10-2-3-11-23(21)33(28(29)36)15-18-7-5-8-19(30)13-18/h2-13H,15-16,32H2,1H3/t29-/m1/s1. The molecule has 182 valence electrons. The maximum atomic E-state index is 14.5. The number of nitrogens with two attached hydrogens (primary N) is 1. The minimum atomic E-state index is -1.77. The van der Waals surface area contributed by atoms with E-state index in [-0.39, 0.29) is 30.1 Å². The molecule has 1 atom stereocenters. The van der Waals surface area contributed by atoms with Crippen molar-refractivity contribution in [3.8, 4) is 6.07 Å². The molecule has 3 heterocycles. The molecule has 0 aromatic heterocycles. The highest BCUT2D eigenvalue weighted by Gasteiger charge is 2.63. The van der Waals surface area contributed by atoms with Crippen LogP contribution in [0.25, 0.3) is 0 Å². The molecule has 37 heavy (non-hydrogen) atoms. The lowest BCUT2D eigenvalue weighted by Crippen LogP contribution is -2.50. The molecular weight excluding hydrogens is 471 g/mol. The first-order valence-electron chi connectivity index (χ1n) is 11.7. The number of carbonyl (C=O) groups is 2. The van der Waals surface area contributed by atoms with Crippen LogP contribution in [0.5, 0.6) is 0 Å². The van der Waals surface area contributed by atoms with Gasteiger partial charge in [0, 0.05) is 16.9 Å². The van der Waals surface area contributed by atoms with Gasteiger partial charge in [-0.3, -0.25) is 9.69 Å². The Kier molecular flexibility index (Phi) is 4.92. The maximum Gasteiger partial charge on any atom is 0.338 e. The van der Waals surface area contributed by atoms with Crippen LogP contribution in [-0.2, 0) is 26.3 Å². The Labute approximate surface area is 212 Å². The van der Waals surface area contributed by atoms with Gasteiger partial charge in [0.05, 0.1) is 23.4 Å². The number of benzene rings is 3. The van der Waals surface area contributed by atoms with E-state index in [0.29, 0.717) is 28.2 Å². The molecule has 0 fully saturated rings. The Morgan fingerprint density at radius 2 is 1.86 bits per heavy atom.